The second kappa shape index (κ2) is 10.2. The van der Waals surface area contributed by atoms with Crippen LogP contribution in [0.25, 0.3) is 110 Å². The van der Waals surface area contributed by atoms with Crippen molar-refractivity contribution < 1.29 is 4.42 Å². The Kier molecular flexibility index (Phi) is 5.37. The zero-order chi connectivity index (χ0) is 35.1. The first-order valence-corrected chi connectivity index (χ1v) is 18.7. The molecule has 0 fully saturated rings. The van der Waals surface area contributed by atoms with Crippen molar-refractivity contribution in [2.24, 2.45) is 0 Å². The Morgan fingerprint density at radius 3 is 1.69 bits per heavy atom. The van der Waals surface area contributed by atoms with Crippen LogP contribution in [0.5, 0.6) is 0 Å². The lowest BCUT2D eigenvalue weighted by molar-refractivity contribution is 0.669. The molecule has 0 saturated carbocycles. The molecule has 0 amide bonds. The van der Waals surface area contributed by atoms with Crippen LogP contribution in [0.3, 0.4) is 0 Å². The first-order valence-electron chi connectivity index (χ1n) is 17.9. The molecular weight excluding hydrogens is 687 g/mol. The molecule has 7 aromatic carbocycles. The summed E-state index contributed by atoms with van der Waals surface area (Å²) in [6.07, 6.45) is 0. The van der Waals surface area contributed by atoms with E-state index in [0.29, 0.717) is 0 Å². The molecule has 13 aromatic rings. The minimum Gasteiger partial charge on any atom is -0.456 e. The Hall–Kier alpha value is -7.23. The highest BCUT2D eigenvalue weighted by molar-refractivity contribution is 7.21. The van der Waals surface area contributed by atoms with Gasteiger partial charge in [-0.25, -0.2) is 15.0 Å². The number of hydrogen-bond acceptors (Lipinski definition) is 5. The third-order valence-corrected chi connectivity index (χ3v) is 11.8. The second-order valence-corrected chi connectivity index (χ2v) is 14.7. The van der Waals surface area contributed by atoms with Gasteiger partial charge in [-0.05, 0) is 96.1 Å². The highest BCUT2D eigenvalue weighted by atomic mass is 32.1. The van der Waals surface area contributed by atoms with E-state index in [1.807, 2.05) is 30.3 Å². The topological polar surface area (TPSA) is 70.0 Å². The van der Waals surface area contributed by atoms with Gasteiger partial charge >= 0.3 is 0 Å². The van der Waals surface area contributed by atoms with Gasteiger partial charge in [0.2, 0.25) is 5.78 Å². The lowest BCUT2D eigenvalue weighted by atomic mass is 10.0. The van der Waals surface area contributed by atoms with Crippen LogP contribution in [0.4, 0.5) is 0 Å². The Morgan fingerprint density at radius 1 is 0.407 bits per heavy atom. The number of aromatic nitrogens is 7. The summed E-state index contributed by atoms with van der Waals surface area (Å²) in [5.41, 5.74) is 15.3. The minimum absolute atomic E-state index is 0.864. The van der Waals surface area contributed by atoms with Gasteiger partial charge in [0.1, 0.15) is 11.2 Å². The van der Waals surface area contributed by atoms with Crippen LogP contribution in [0.1, 0.15) is 0 Å². The molecule has 252 valence electrons. The molecule has 0 aliphatic rings. The summed E-state index contributed by atoms with van der Waals surface area (Å²) in [5, 5.41) is 2.18. The average molecular weight is 712 g/mol. The molecule has 6 heterocycles. The normalized spacial score (nSPS) is 12.4. The van der Waals surface area contributed by atoms with Gasteiger partial charge in [0, 0.05) is 10.8 Å². The number of benzene rings is 7. The third-order valence-electron chi connectivity index (χ3n) is 10.9. The number of imidazole rings is 4. The third kappa shape index (κ3) is 3.72. The van der Waals surface area contributed by atoms with Gasteiger partial charge in [-0.15, -0.1) is 0 Å². The van der Waals surface area contributed by atoms with Crippen LogP contribution in [0, 0.1) is 0 Å². The van der Waals surface area contributed by atoms with E-state index in [0.717, 1.165) is 110 Å². The van der Waals surface area contributed by atoms with Crippen molar-refractivity contribution in [2.45, 2.75) is 0 Å². The van der Waals surface area contributed by atoms with Crippen LogP contribution in [0.2, 0.25) is 0 Å². The van der Waals surface area contributed by atoms with Crippen molar-refractivity contribution in [3.8, 4) is 16.8 Å². The second-order valence-electron chi connectivity index (χ2n) is 13.8. The monoisotopic (exact) mass is 711 g/mol. The molecule has 0 spiro atoms. The van der Waals surface area contributed by atoms with Gasteiger partial charge in [0.05, 0.1) is 60.9 Å². The molecule has 0 radical (unpaired) electrons. The molecule has 8 nitrogen and oxygen atoms in total. The van der Waals surface area contributed by atoms with Crippen LogP contribution in [0.15, 0.2) is 156 Å². The molecule has 54 heavy (non-hydrogen) atoms. The van der Waals surface area contributed by atoms with Crippen molar-refractivity contribution in [1.29, 1.82) is 0 Å². The first-order chi connectivity index (χ1) is 26.7. The molecule has 13 rings (SSSR count). The van der Waals surface area contributed by atoms with Crippen molar-refractivity contribution in [3.05, 3.63) is 152 Å². The Labute approximate surface area is 308 Å². The van der Waals surface area contributed by atoms with Gasteiger partial charge in [0.25, 0.3) is 0 Å². The quantitative estimate of drug-likeness (QED) is 0.179. The summed E-state index contributed by atoms with van der Waals surface area (Å²) in [6, 6.07) is 53.2. The fourth-order valence-electron chi connectivity index (χ4n) is 8.45. The number of rotatable bonds is 2. The zero-order valence-electron chi connectivity index (χ0n) is 28.4. The van der Waals surface area contributed by atoms with E-state index in [-0.39, 0.29) is 0 Å². The van der Waals surface area contributed by atoms with E-state index in [1.165, 1.54) is 0 Å². The molecule has 0 atom stereocenters. The maximum atomic E-state index is 6.19. The Bertz CT molecular complexity index is 3760. The number of para-hydroxylation sites is 7. The fraction of sp³-hybridized carbons (Fsp3) is 0. The van der Waals surface area contributed by atoms with Crippen molar-refractivity contribution in [2.75, 3.05) is 0 Å². The number of fused-ring (bicyclic) bond motifs is 17. The molecule has 0 bridgehead atoms. The number of nitrogens with zero attached hydrogens (tertiary/aromatic N) is 7. The van der Waals surface area contributed by atoms with Gasteiger partial charge < -0.3 is 4.42 Å². The first kappa shape index (κ1) is 28.4. The van der Waals surface area contributed by atoms with Crippen LogP contribution >= 0.6 is 11.3 Å². The largest absolute Gasteiger partial charge is 0.456 e. The van der Waals surface area contributed by atoms with Crippen molar-refractivity contribution >= 4 is 104 Å². The molecule has 0 N–H and O–H groups in total. The highest BCUT2D eigenvalue weighted by Crippen LogP contribution is 2.37. The Morgan fingerprint density at radius 2 is 0.963 bits per heavy atom. The maximum Gasteiger partial charge on any atom is 0.220 e. The SMILES string of the molecule is c1ccc2c(c1)nc1sc3nc4ccccc4n3c3cc(-c4ccc5c(c4)n4c6ccccc6nc4n5-c4ccc5oc6ccccc6c5c4)ccc3n12. The number of furan rings is 1. The molecule has 0 aliphatic heterocycles. The summed E-state index contributed by atoms with van der Waals surface area (Å²) in [5.74, 6) is 0.864. The summed E-state index contributed by atoms with van der Waals surface area (Å²) in [7, 11) is 0. The predicted molar refractivity (Wildman–Crippen MR) is 219 cm³/mol. The van der Waals surface area contributed by atoms with E-state index >= 15 is 0 Å². The highest BCUT2D eigenvalue weighted by Gasteiger charge is 2.20. The molecule has 0 unspecified atom stereocenters. The van der Waals surface area contributed by atoms with Gasteiger partial charge in [-0.3, -0.25) is 17.8 Å². The molecule has 0 aliphatic carbocycles. The van der Waals surface area contributed by atoms with Crippen LogP contribution < -0.4 is 0 Å². The van der Waals surface area contributed by atoms with Gasteiger partial charge in [-0.2, -0.15) is 0 Å². The molecule has 9 heteroatoms. The average Bonchev–Trinajstić information content (AvgIpc) is 4.01. The number of hydrogen-bond donors (Lipinski definition) is 0. The molecule has 0 saturated heterocycles. The summed E-state index contributed by atoms with van der Waals surface area (Å²) >= 11 is 1.61. The summed E-state index contributed by atoms with van der Waals surface area (Å²) < 4.78 is 15.3. The standard InChI is InChI=1S/C45H25N7OS/c1-8-16-41-29(9-1)30-25-28(19-22-42(30)53-41)49-37-20-17-26(23-39(37)50-34-13-5-2-10-31(34)46-43(49)50)27-18-21-38-40(24-27)52-36-15-7-4-12-33(36)48-45(52)54-44-47-32-11-3-6-14-35(32)51(38)44/h1-25H. The van der Waals surface area contributed by atoms with E-state index in [2.05, 4.69) is 139 Å². The summed E-state index contributed by atoms with van der Waals surface area (Å²) in [4.78, 5) is 17.2. The Balaban J connectivity index is 1.10. The summed E-state index contributed by atoms with van der Waals surface area (Å²) in [6.45, 7) is 0. The van der Waals surface area contributed by atoms with E-state index in [9.17, 15) is 0 Å². The van der Waals surface area contributed by atoms with E-state index in [4.69, 9.17) is 19.4 Å². The fourth-order valence-corrected chi connectivity index (χ4v) is 9.48. The lowest BCUT2D eigenvalue weighted by Gasteiger charge is -2.08. The van der Waals surface area contributed by atoms with E-state index in [1.54, 1.807) is 11.3 Å². The van der Waals surface area contributed by atoms with Gasteiger partial charge in [0.15, 0.2) is 9.92 Å². The zero-order valence-corrected chi connectivity index (χ0v) is 29.2. The van der Waals surface area contributed by atoms with E-state index < -0.39 is 0 Å². The maximum absolute atomic E-state index is 6.19. The van der Waals surface area contributed by atoms with Crippen LogP contribution in [-0.4, -0.2) is 32.7 Å². The van der Waals surface area contributed by atoms with Crippen molar-refractivity contribution in [1.82, 2.24) is 32.7 Å². The van der Waals surface area contributed by atoms with Crippen molar-refractivity contribution in [3.63, 3.8) is 0 Å². The minimum atomic E-state index is 0.864. The predicted octanol–water partition coefficient (Wildman–Crippen LogP) is 11.4. The molecular formula is C45H25N7OS. The molecule has 6 aromatic heterocycles. The lowest BCUT2D eigenvalue weighted by Crippen LogP contribution is -1.95. The smallest absolute Gasteiger partial charge is 0.220 e. The van der Waals surface area contributed by atoms with Gasteiger partial charge in [-0.1, -0.05) is 78.1 Å². The van der Waals surface area contributed by atoms with Crippen LogP contribution in [-0.2, 0) is 0 Å².